The molecule has 2 aromatic rings. The van der Waals surface area contributed by atoms with Gasteiger partial charge in [0.05, 0.1) is 16.1 Å². The number of halogens is 3. The van der Waals surface area contributed by atoms with Crippen LogP contribution in [0.2, 0.25) is 10.0 Å². The van der Waals surface area contributed by atoms with E-state index >= 15 is 0 Å². The molecule has 1 aromatic heterocycles. The van der Waals surface area contributed by atoms with Crippen molar-refractivity contribution in [2.45, 2.75) is 37.3 Å². The minimum atomic E-state index is -0.631. The number of hydrogen-bond acceptors (Lipinski definition) is 3. The highest BCUT2D eigenvalue weighted by Gasteiger charge is 2.43. The molecular formula is C18H21Cl3N4O. The Morgan fingerprint density at radius 1 is 1.31 bits per heavy atom. The molecule has 1 atom stereocenters. The summed E-state index contributed by atoms with van der Waals surface area (Å²) >= 11 is 12.5. The number of nitrogens with zero attached hydrogens (tertiary/aromatic N) is 2. The number of rotatable bonds is 3. The fraction of sp³-hybridized carbons (Fsp3) is 0.444. The molecular weight excluding hydrogens is 395 g/mol. The summed E-state index contributed by atoms with van der Waals surface area (Å²) in [6.45, 7) is 1.60. The van der Waals surface area contributed by atoms with Gasteiger partial charge in [-0.3, -0.25) is 9.48 Å². The summed E-state index contributed by atoms with van der Waals surface area (Å²) in [5.41, 5.74) is 1.50. The first-order valence-corrected chi connectivity index (χ1v) is 9.36. The van der Waals surface area contributed by atoms with Crippen molar-refractivity contribution in [3.05, 3.63) is 51.8 Å². The molecule has 0 saturated carbocycles. The van der Waals surface area contributed by atoms with Gasteiger partial charge in [0.15, 0.2) is 0 Å². The van der Waals surface area contributed by atoms with Crippen molar-refractivity contribution in [1.29, 1.82) is 0 Å². The van der Waals surface area contributed by atoms with Gasteiger partial charge in [0.25, 0.3) is 0 Å². The molecule has 4 rings (SSSR count). The van der Waals surface area contributed by atoms with Crippen LogP contribution in [0.15, 0.2) is 30.6 Å². The van der Waals surface area contributed by atoms with Gasteiger partial charge in [-0.25, -0.2) is 0 Å². The van der Waals surface area contributed by atoms with Gasteiger partial charge in [-0.15, -0.1) is 12.4 Å². The standard InChI is InChI=1S/C18H20Cl2N4O.ClH/c19-14-4-2-12-13(16(14)20)3-5-15(12)23-17(25)18(6-9-21-10-7-18)24-11-1-8-22-24;/h1-2,4,8,11,15,21H,3,5-7,9-10H2,(H,23,25);1H. The lowest BCUT2D eigenvalue weighted by Gasteiger charge is -2.37. The van der Waals surface area contributed by atoms with Crippen LogP contribution in [0.25, 0.3) is 0 Å². The molecule has 1 fully saturated rings. The summed E-state index contributed by atoms with van der Waals surface area (Å²) < 4.78 is 1.81. The number of amides is 1. The topological polar surface area (TPSA) is 59.0 Å². The summed E-state index contributed by atoms with van der Waals surface area (Å²) in [7, 11) is 0. The van der Waals surface area contributed by atoms with Gasteiger partial charge in [0.2, 0.25) is 5.91 Å². The molecule has 1 unspecified atom stereocenters. The molecule has 26 heavy (non-hydrogen) atoms. The molecule has 0 spiro atoms. The Morgan fingerprint density at radius 2 is 2.08 bits per heavy atom. The Kier molecular flexibility index (Phi) is 5.82. The van der Waals surface area contributed by atoms with Gasteiger partial charge >= 0.3 is 0 Å². The summed E-state index contributed by atoms with van der Waals surface area (Å²) in [6.07, 6.45) is 6.72. The van der Waals surface area contributed by atoms with E-state index in [1.54, 1.807) is 12.3 Å². The van der Waals surface area contributed by atoms with Crippen LogP contribution in [0.4, 0.5) is 0 Å². The summed E-state index contributed by atoms with van der Waals surface area (Å²) in [4.78, 5) is 13.3. The highest BCUT2D eigenvalue weighted by Crippen LogP contribution is 2.40. The number of aromatic nitrogens is 2. The van der Waals surface area contributed by atoms with Crippen LogP contribution in [-0.2, 0) is 16.8 Å². The molecule has 0 bridgehead atoms. The monoisotopic (exact) mass is 414 g/mol. The maximum absolute atomic E-state index is 13.3. The van der Waals surface area contributed by atoms with E-state index in [1.165, 1.54) is 0 Å². The van der Waals surface area contributed by atoms with Crippen molar-refractivity contribution in [1.82, 2.24) is 20.4 Å². The first kappa shape index (κ1) is 19.5. The summed E-state index contributed by atoms with van der Waals surface area (Å²) in [6, 6.07) is 5.62. The van der Waals surface area contributed by atoms with Crippen LogP contribution in [-0.4, -0.2) is 28.8 Å². The fourth-order valence-electron chi connectivity index (χ4n) is 4.00. The van der Waals surface area contributed by atoms with Crippen molar-refractivity contribution >= 4 is 41.5 Å². The van der Waals surface area contributed by atoms with E-state index < -0.39 is 5.54 Å². The van der Waals surface area contributed by atoms with Crippen LogP contribution in [0.1, 0.15) is 36.4 Å². The van der Waals surface area contributed by atoms with Crippen LogP contribution in [0.5, 0.6) is 0 Å². The third-order valence-corrected chi connectivity index (χ3v) is 6.24. The van der Waals surface area contributed by atoms with Crippen molar-refractivity contribution in [2.75, 3.05) is 13.1 Å². The van der Waals surface area contributed by atoms with Crippen LogP contribution < -0.4 is 10.6 Å². The fourth-order valence-corrected chi connectivity index (χ4v) is 4.44. The van der Waals surface area contributed by atoms with Gasteiger partial charge in [-0.2, -0.15) is 5.10 Å². The maximum atomic E-state index is 13.3. The number of carbonyl (C=O) groups excluding carboxylic acids is 1. The molecule has 2 N–H and O–H groups in total. The van der Waals surface area contributed by atoms with E-state index in [4.69, 9.17) is 23.2 Å². The molecule has 140 valence electrons. The van der Waals surface area contributed by atoms with Gasteiger partial charge < -0.3 is 10.6 Å². The van der Waals surface area contributed by atoms with Crippen LogP contribution in [0, 0.1) is 0 Å². The number of nitrogens with one attached hydrogen (secondary N) is 2. The molecule has 5 nitrogen and oxygen atoms in total. The number of benzene rings is 1. The van der Waals surface area contributed by atoms with Crippen molar-refractivity contribution in [3.8, 4) is 0 Å². The van der Waals surface area contributed by atoms with Crippen LogP contribution >= 0.6 is 35.6 Å². The maximum Gasteiger partial charge on any atom is 0.248 e. The van der Waals surface area contributed by atoms with Gasteiger partial charge in [0, 0.05) is 12.4 Å². The van der Waals surface area contributed by atoms with E-state index in [2.05, 4.69) is 15.7 Å². The van der Waals surface area contributed by atoms with E-state index in [0.717, 1.165) is 49.9 Å². The average molecular weight is 416 g/mol. The van der Waals surface area contributed by atoms with E-state index in [1.807, 2.05) is 23.0 Å². The first-order valence-electron chi connectivity index (χ1n) is 8.60. The summed E-state index contributed by atoms with van der Waals surface area (Å²) in [5.74, 6) is 0.0293. The van der Waals surface area contributed by atoms with Gasteiger partial charge in [-0.05, 0) is 62.0 Å². The van der Waals surface area contributed by atoms with Crippen LogP contribution in [0.3, 0.4) is 0 Å². The number of hydrogen-bond donors (Lipinski definition) is 2. The van der Waals surface area contributed by atoms with Crippen molar-refractivity contribution < 1.29 is 4.79 Å². The predicted octanol–water partition coefficient (Wildman–Crippen LogP) is 3.49. The second-order valence-corrected chi connectivity index (χ2v) is 7.51. The zero-order valence-electron chi connectivity index (χ0n) is 14.2. The minimum Gasteiger partial charge on any atom is -0.347 e. The van der Waals surface area contributed by atoms with Gasteiger partial charge in [0.1, 0.15) is 5.54 Å². The van der Waals surface area contributed by atoms with E-state index in [-0.39, 0.29) is 24.4 Å². The Bertz CT molecular complexity index is 788. The molecule has 2 aliphatic rings. The van der Waals surface area contributed by atoms with Gasteiger partial charge in [-0.1, -0.05) is 29.3 Å². The molecule has 1 amide bonds. The Hall–Kier alpha value is -1.27. The zero-order valence-corrected chi connectivity index (χ0v) is 16.5. The largest absolute Gasteiger partial charge is 0.347 e. The normalized spacial score (nSPS) is 20.9. The Morgan fingerprint density at radius 3 is 2.77 bits per heavy atom. The molecule has 1 aliphatic heterocycles. The van der Waals surface area contributed by atoms with Crippen molar-refractivity contribution in [3.63, 3.8) is 0 Å². The second-order valence-electron chi connectivity index (χ2n) is 6.73. The second kappa shape index (κ2) is 7.77. The number of fused-ring (bicyclic) bond motifs is 1. The zero-order chi connectivity index (χ0) is 17.4. The first-order chi connectivity index (χ1) is 12.1. The molecule has 1 aliphatic carbocycles. The third kappa shape index (κ3) is 3.22. The number of piperidine rings is 1. The van der Waals surface area contributed by atoms with E-state index in [9.17, 15) is 4.79 Å². The lowest BCUT2D eigenvalue weighted by atomic mass is 9.87. The lowest BCUT2D eigenvalue weighted by molar-refractivity contribution is -0.132. The highest BCUT2D eigenvalue weighted by atomic mass is 35.5. The molecule has 1 aromatic carbocycles. The Labute approximate surface area is 168 Å². The third-order valence-electron chi connectivity index (χ3n) is 5.39. The number of carbonyl (C=O) groups is 1. The summed E-state index contributed by atoms with van der Waals surface area (Å²) in [5, 5.41) is 12.1. The lowest BCUT2D eigenvalue weighted by Crippen LogP contribution is -2.55. The highest BCUT2D eigenvalue weighted by molar-refractivity contribution is 6.42. The van der Waals surface area contributed by atoms with Crippen molar-refractivity contribution in [2.24, 2.45) is 0 Å². The average Bonchev–Trinajstić information content (AvgIpc) is 3.29. The quantitative estimate of drug-likeness (QED) is 0.807. The van der Waals surface area contributed by atoms with E-state index in [0.29, 0.717) is 10.0 Å². The predicted molar refractivity (Wildman–Crippen MR) is 105 cm³/mol. The minimum absolute atomic E-state index is 0. The SMILES string of the molecule is Cl.O=C(NC1CCc2c1ccc(Cl)c2Cl)C1(n2cccn2)CCNCC1. The molecule has 0 radical (unpaired) electrons. The molecule has 8 heteroatoms. The molecule has 1 saturated heterocycles. The Balaban J connectivity index is 0.00000196. The smallest absolute Gasteiger partial charge is 0.248 e. The molecule has 2 heterocycles.